The molecule has 0 heterocycles. The van der Waals surface area contributed by atoms with E-state index in [9.17, 15) is 0 Å². The zero-order valence-corrected chi connectivity index (χ0v) is 8.20. The van der Waals surface area contributed by atoms with Crippen molar-refractivity contribution in [2.75, 3.05) is 6.54 Å². The number of hydrogen-bond acceptors (Lipinski definition) is 1. The second kappa shape index (κ2) is 4.70. The highest BCUT2D eigenvalue weighted by molar-refractivity contribution is 6.35. The van der Waals surface area contributed by atoms with Gasteiger partial charge in [-0.25, -0.2) is 0 Å². The number of halogens is 2. The summed E-state index contributed by atoms with van der Waals surface area (Å²) in [6.45, 7) is 0.654. The number of nitrogens with two attached hydrogens (primary N) is 1. The molecule has 3 heteroatoms. The van der Waals surface area contributed by atoms with Crippen LogP contribution in [-0.4, -0.2) is 6.54 Å². The van der Waals surface area contributed by atoms with Crippen molar-refractivity contribution in [3.63, 3.8) is 0 Å². The highest BCUT2D eigenvalue weighted by atomic mass is 35.5. The Kier molecular flexibility index (Phi) is 3.86. The molecule has 0 unspecified atom stereocenters. The van der Waals surface area contributed by atoms with Crippen molar-refractivity contribution >= 4 is 23.2 Å². The van der Waals surface area contributed by atoms with E-state index in [0.717, 1.165) is 12.8 Å². The molecule has 0 saturated heterocycles. The normalized spacial score (nSPS) is 17.8. The first-order chi connectivity index (χ1) is 5.72. The summed E-state index contributed by atoms with van der Waals surface area (Å²) >= 11 is 11.7. The predicted octanol–water partition coefficient (Wildman–Crippen LogP) is 2.91. The van der Waals surface area contributed by atoms with E-state index in [1.165, 1.54) is 5.57 Å². The van der Waals surface area contributed by atoms with Gasteiger partial charge in [-0.1, -0.05) is 34.9 Å². The predicted molar refractivity (Wildman–Crippen MR) is 54.2 cm³/mol. The average molecular weight is 204 g/mol. The maximum absolute atomic E-state index is 5.87. The van der Waals surface area contributed by atoms with Crippen LogP contribution in [0.15, 0.2) is 33.9 Å². The molecular weight excluding hydrogens is 193 g/mol. The number of allylic oxidation sites excluding steroid dienone is 5. The molecule has 0 spiro atoms. The van der Waals surface area contributed by atoms with Crippen LogP contribution in [-0.2, 0) is 0 Å². The van der Waals surface area contributed by atoms with Gasteiger partial charge in [-0.15, -0.1) is 0 Å². The Morgan fingerprint density at radius 2 is 2.00 bits per heavy atom. The molecule has 0 aromatic heterocycles. The minimum atomic E-state index is 0.654. The Hall–Kier alpha value is -0.240. The van der Waals surface area contributed by atoms with Gasteiger partial charge < -0.3 is 5.73 Å². The van der Waals surface area contributed by atoms with Crippen molar-refractivity contribution < 1.29 is 0 Å². The van der Waals surface area contributed by atoms with Gasteiger partial charge in [0.1, 0.15) is 0 Å². The van der Waals surface area contributed by atoms with Crippen molar-refractivity contribution in [2.24, 2.45) is 5.73 Å². The Balaban J connectivity index is 2.75. The molecule has 0 amide bonds. The molecule has 0 bridgehead atoms. The zero-order chi connectivity index (χ0) is 8.97. The molecule has 0 saturated carbocycles. The van der Waals surface area contributed by atoms with Gasteiger partial charge in [0.2, 0.25) is 0 Å². The summed E-state index contributed by atoms with van der Waals surface area (Å²) < 4.78 is 0. The first kappa shape index (κ1) is 9.85. The summed E-state index contributed by atoms with van der Waals surface area (Å²) in [6.07, 6.45) is 7.35. The molecule has 1 nitrogen and oxygen atoms in total. The molecule has 0 radical (unpaired) electrons. The summed E-state index contributed by atoms with van der Waals surface area (Å²) in [5.74, 6) is 0. The monoisotopic (exact) mass is 203 g/mol. The van der Waals surface area contributed by atoms with Crippen molar-refractivity contribution in [1.29, 1.82) is 0 Å². The van der Waals surface area contributed by atoms with E-state index in [2.05, 4.69) is 0 Å². The molecular formula is C9H11Cl2N. The van der Waals surface area contributed by atoms with Gasteiger partial charge in [-0.2, -0.15) is 0 Å². The zero-order valence-electron chi connectivity index (χ0n) is 6.69. The van der Waals surface area contributed by atoms with Gasteiger partial charge in [-0.3, -0.25) is 0 Å². The van der Waals surface area contributed by atoms with Crippen molar-refractivity contribution in [1.82, 2.24) is 0 Å². The Bertz CT molecular complexity index is 251. The van der Waals surface area contributed by atoms with Crippen LogP contribution >= 0.6 is 23.2 Å². The number of hydrogen-bond donors (Lipinski definition) is 1. The van der Waals surface area contributed by atoms with Gasteiger partial charge in [0.05, 0.1) is 0 Å². The standard InChI is InChI=1S/C9H11Cl2N/c10-8-2-1-7(3-4-12)5-9(11)6-8/h2,5-6H,1,3-4,12H2. The summed E-state index contributed by atoms with van der Waals surface area (Å²) in [4.78, 5) is 0. The van der Waals surface area contributed by atoms with Crippen molar-refractivity contribution in [3.8, 4) is 0 Å². The summed E-state index contributed by atoms with van der Waals surface area (Å²) in [5, 5.41) is 1.38. The minimum absolute atomic E-state index is 0.654. The Morgan fingerprint density at radius 1 is 1.25 bits per heavy atom. The smallest absolute Gasteiger partial charge is 0.0420 e. The van der Waals surface area contributed by atoms with E-state index in [1.807, 2.05) is 12.2 Å². The molecule has 2 N–H and O–H groups in total. The maximum atomic E-state index is 5.87. The second-order valence-electron chi connectivity index (χ2n) is 2.66. The third kappa shape index (κ3) is 3.02. The van der Waals surface area contributed by atoms with Gasteiger partial charge in [0.25, 0.3) is 0 Å². The summed E-state index contributed by atoms with van der Waals surface area (Å²) in [7, 11) is 0. The van der Waals surface area contributed by atoms with Crippen LogP contribution in [0.5, 0.6) is 0 Å². The van der Waals surface area contributed by atoms with E-state index >= 15 is 0 Å². The largest absolute Gasteiger partial charge is 0.330 e. The lowest BCUT2D eigenvalue weighted by Gasteiger charge is -1.99. The molecule has 1 aliphatic rings. The highest BCUT2D eigenvalue weighted by Crippen LogP contribution is 2.22. The van der Waals surface area contributed by atoms with E-state index in [4.69, 9.17) is 28.9 Å². The van der Waals surface area contributed by atoms with E-state index in [-0.39, 0.29) is 0 Å². The topological polar surface area (TPSA) is 26.0 Å². The highest BCUT2D eigenvalue weighted by Gasteiger charge is 2.01. The minimum Gasteiger partial charge on any atom is -0.330 e. The SMILES string of the molecule is NCCC1=CC(Cl)=CC(Cl)=CC1. The summed E-state index contributed by atoms with van der Waals surface area (Å²) in [6, 6.07) is 0. The van der Waals surface area contributed by atoms with Gasteiger partial charge in [-0.05, 0) is 31.5 Å². The fraction of sp³-hybridized carbons (Fsp3) is 0.333. The van der Waals surface area contributed by atoms with Gasteiger partial charge in [0.15, 0.2) is 0 Å². The van der Waals surface area contributed by atoms with Crippen molar-refractivity contribution in [2.45, 2.75) is 12.8 Å². The first-order valence-electron chi connectivity index (χ1n) is 3.84. The molecule has 1 rings (SSSR count). The quantitative estimate of drug-likeness (QED) is 0.735. The third-order valence-corrected chi connectivity index (χ3v) is 2.12. The lowest BCUT2D eigenvalue weighted by atomic mass is 10.1. The lowest BCUT2D eigenvalue weighted by molar-refractivity contribution is 0.921. The van der Waals surface area contributed by atoms with E-state index in [0.29, 0.717) is 16.6 Å². The third-order valence-electron chi connectivity index (χ3n) is 1.64. The van der Waals surface area contributed by atoms with Crippen LogP contribution in [0, 0.1) is 0 Å². The molecule has 0 atom stereocenters. The molecule has 0 aliphatic heterocycles. The fourth-order valence-electron chi connectivity index (χ4n) is 1.07. The Labute approximate surface area is 82.5 Å². The molecule has 66 valence electrons. The van der Waals surface area contributed by atoms with Crippen LogP contribution < -0.4 is 5.73 Å². The molecule has 0 fully saturated rings. The summed E-state index contributed by atoms with van der Waals surface area (Å²) in [5.41, 5.74) is 6.66. The molecule has 0 aromatic rings. The van der Waals surface area contributed by atoms with Gasteiger partial charge >= 0.3 is 0 Å². The Morgan fingerprint density at radius 3 is 2.67 bits per heavy atom. The lowest BCUT2D eigenvalue weighted by Crippen LogP contribution is -1.99. The molecule has 0 aromatic carbocycles. The second-order valence-corrected chi connectivity index (χ2v) is 3.54. The van der Waals surface area contributed by atoms with Gasteiger partial charge in [0, 0.05) is 10.1 Å². The van der Waals surface area contributed by atoms with Crippen LogP contribution in [0.4, 0.5) is 0 Å². The maximum Gasteiger partial charge on any atom is 0.0420 e. The fourth-order valence-corrected chi connectivity index (χ4v) is 1.60. The van der Waals surface area contributed by atoms with Crippen LogP contribution in [0.25, 0.3) is 0 Å². The molecule has 1 aliphatic carbocycles. The van der Waals surface area contributed by atoms with E-state index < -0.39 is 0 Å². The first-order valence-corrected chi connectivity index (χ1v) is 4.60. The number of rotatable bonds is 2. The van der Waals surface area contributed by atoms with E-state index in [1.54, 1.807) is 6.08 Å². The average Bonchev–Trinajstić information content (AvgIpc) is 2.13. The van der Waals surface area contributed by atoms with Crippen LogP contribution in [0.1, 0.15) is 12.8 Å². The molecule has 12 heavy (non-hydrogen) atoms. The van der Waals surface area contributed by atoms with Crippen LogP contribution in [0.2, 0.25) is 0 Å². The van der Waals surface area contributed by atoms with Crippen molar-refractivity contribution in [3.05, 3.63) is 33.9 Å². The van der Waals surface area contributed by atoms with Crippen LogP contribution in [0.3, 0.4) is 0 Å².